The second-order valence-corrected chi connectivity index (χ2v) is 3.24. The van der Waals surface area contributed by atoms with Crippen molar-refractivity contribution in [3.8, 4) is 0 Å². The maximum Gasteiger partial charge on any atom is 0.389 e. The molecule has 1 aromatic heterocycles. The number of rotatable bonds is 3. The van der Waals surface area contributed by atoms with Gasteiger partial charge in [0.15, 0.2) is 0 Å². The molecule has 84 valence electrons. The van der Waals surface area contributed by atoms with Crippen LogP contribution in [-0.2, 0) is 0 Å². The predicted octanol–water partition coefficient (Wildman–Crippen LogP) is 2.01. The Kier molecular flexibility index (Phi) is 3.52. The first-order chi connectivity index (χ1) is 6.90. The average Bonchev–Trinajstić information content (AvgIpc) is 2.14. The van der Waals surface area contributed by atoms with Gasteiger partial charge in [0.05, 0.1) is 0 Å². The molecule has 0 radical (unpaired) electrons. The molecule has 6 heteroatoms. The summed E-state index contributed by atoms with van der Waals surface area (Å²) >= 11 is 0. The fourth-order valence-corrected chi connectivity index (χ4v) is 1.22. The summed E-state index contributed by atoms with van der Waals surface area (Å²) in [6.45, 7) is 0. The van der Waals surface area contributed by atoms with E-state index in [4.69, 9.17) is 11.5 Å². The third-order valence-corrected chi connectivity index (χ3v) is 2.01. The average molecular weight is 219 g/mol. The molecule has 0 saturated carbocycles. The van der Waals surface area contributed by atoms with Crippen LogP contribution in [0.1, 0.15) is 24.4 Å². The SMILES string of the molecule is Nc1ncccc1[C@@H](N)CCC(F)(F)F. The Morgan fingerprint density at radius 1 is 1.40 bits per heavy atom. The number of hydrogen-bond donors (Lipinski definition) is 2. The van der Waals surface area contributed by atoms with E-state index in [0.717, 1.165) is 0 Å². The molecular formula is C9H12F3N3. The van der Waals surface area contributed by atoms with Crippen LogP contribution in [0.5, 0.6) is 0 Å². The normalized spacial score (nSPS) is 13.9. The van der Waals surface area contributed by atoms with Gasteiger partial charge in [-0.05, 0) is 12.5 Å². The topological polar surface area (TPSA) is 64.9 Å². The maximum absolute atomic E-state index is 11.9. The van der Waals surface area contributed by atoms with Crippen molar-refractivity contribution in [1.29, 1.82) is 0 Å². The number of pyridine rings is 1. The van der Waals surface area contributed by atoms with Crippen LogP contribution in [0, 0.1) is 0 Å². The highest BCUT2D eigenvalue weighted by Crippen LogP contribution is 2.27. The third kappa shape index (κ3) is 3.75. The van der Waals surface area contributed by atoms with Gasteiger partial charge in [-0.3, -0.25) is 0 Å². The number of alkyl halides is 3. The van der Waals surface area contributed by atoms with Crippen molar-refractivity contribution < 1.29 is 13.2 Å². The molecular weight excluding hydrogens is 207 g/mol. The second-order valence-electron chi connectivity index (χ2n) is 3.24. The van der Waals surface area contributed by atoms with E-state index in [1.807, 2.05) is 0 Å². The highest BCUT2D eigenvalue weighted by atomic mass is 19.4. The summed E-state index contributed by atoms with van der Waals surface area (Å²) in [4.78, 5) is 3.76. The van der Waals surface area contributed by atoms with Crippen molar-refractivity contribution in [2.45, 2.75) is 25.1 Å². The zero-order chi connectivity index (χ0) is 11.5. The maximum atomic E-state index is 11.9. The molecule has 15 heavy (non-hydrogen) atoms. The summed E-state index contributed by atoms with van der Waals surface area (Å²) in [5, 5.41) is 0. The molecule has 1 atom stereocenters. The molecule has 0 aliphatic rings. The van der Waals surface area contributed by atoms with Gasteiger partial charge < -0.3 is 11.5 Å². The van der Waals surface area contributed by atoms with Crippen LogP contribution in [-0.4, -0.2) is 11.2 Å². The van der Waals surface area contributed by atoms with Crippen LogP contribution in [0.15, 0.2) is 18.3 Å². The molecule has 0 fully saturated rings. The lowest BCUT2D eigenvalue weighted by atomic mass is 10.0. The van der Waals surface area contributed by atoms with Crippen molar-refractivity contribution in [3.05, 3.63) is 23.9 Å². The first-order valence-corrected chi connectivity index (χ1v) is 4.43. The van der Waals surface area contributed by atoms with Crippen molar-refractivity contribution >= 4 is 5.82 Å². The Morgan fingerprint density at radius 3 is 2.60 bits per heavy atom. The molecule has 0 amide bonds. The van der Waals surface area contributed by atoms with Crippen molar-refractivity contribution in [2.24, 2.45) is 5.73 Å². The number of nitrogens with zero attached hydrogens (tertiary/aromatic N) is 1. The summed E-state index contributed by atoms with van der Waals surface area (Å²) in [6.07, 6.45) is -3.81. The number of nitrogens with two attached hydrogens (primary N) is 2. The van der Waals surface area contributed by atoms with Crippen molar-refractivity contribution in [3.63, 3.8) is 0 Å². The molecule has 1 heterocycles. The predicted molar refractivity (Wildman–Crippen MR) is 50.9 cm³/mol. The molecule has 0 saturated heterocycles. The minimum atomic E-state index is -4.19. The summed E-state index contributed by atoms with van der Waals surface area (Å²) in [7, 11) is 0. The van der Waals surface area contributed by atoms with Crippen LogP contribution < -0.4 is 11.5 Å². The van der Waals surface area contributed by atoms with Gasteiger partial charge in [-0.2, -0.15) is 13.2 Å². The largest absolute Gasteiger partial charge is 0.389 e. The molecule has 0 aliphatic carbocycles. The van der Waals surface area contributed by atoms with E-state index in [9.17, 15) is 13.2 Å². The molecule has 0 aromatic carbocycles. The van der Waals surface area contributed by atoms with E-state index in [0.29, 0.717) is 5.56 Å². The number of anilines is 1. The standard InChI is InChI=1S/C9H12F3N3/c10-9(11,12)4-3-7(13)6-2-1-5-15-8(6)14/h1-2,5,7H,3-4,13H2,(H2,14,15)/t7-/m0/s1. The first-order valence-electron chi connectivity index (χ1n) is 4.43. The van der Waals surface area contributed by atoms with E-state index in [2.05, 4.69) is 4.98 Å². The summed E-state index contributed by atoms with van der Waals surface area (Å²) in [6, 6.07) is 2.46. The summed E-state index contributed by atoms with van der Waals surface area (Å²) < 4.78 is 35.8. The van der Waals surface area contributed by atoms with Crippen LogP contribution >= 0.6 is 0 Å². The molecule has 1 rings (SSSR count). The number of hydrogen-bond acceptors (Lipinski definition) is 3. The van der Waals surface area contributed by atoms with Gasteiger partial charge in [0.25, 0.3) is 0 Å². The van der Waals surface area contributed by atoms with Gasteiger partial charge in [0.2, 0.25) is 0 Å². The highest BCUT2D eigenvalue weighted by Gasteiger charge is 2.28. The van der Waals surface area contributed by atoms with Crippen LogP contribution in [0.3, 0.4) is 0 Å². The zero-order valence-corrected chi connectivity index (χ0v) is 7.96. The number of halogens is 3. The van der Waals surface area contributed by atoms with Crippen LogP contribution in [0.4, 0.5) is 19.0 Å². The van der Waals surface area contributed by atoms with Crippen molar-refractivity contribution in [1.82, 2.24) is 4.98 Å². The van der Waals surface area contributed by atoms with Crippen molar-refractivity contribution in [2.75, 3.05) is 5.73 Å². The van der Waals surface area contributed by atoms with E-state index in [1.54, 1.807) is 12.1 Å². The molecule has 1 aromatic rings. The second kappa shape index (κ2) is 4.48. The molecule has 0 unspecified atom stereocenters. The number of aromatic nitrogens is 1. The molecule has 3 nitrogen and oxygen atoms in total. The minimum absolute atomic E-state index is 0.181. The first kappa shape index (κ1) is 11.8. The van der Waals surface area contributed by atoms with E-state index in [-0.39, 0.29) is 12.2 Å². The zero-order valence-electron chi connectivity index (χ0n) is 7.96. The van der Waals surface area contributed by atoms with Crippen LogP contribution in [0.2, 0.25) is 0 Å². The summed E-state index contributed by atoms with van der Waals surface area (Å²) in [5.74, 6) is 0.187. The molecule has 4 N–H and O–H groups in total. The fourth-order valence-electron chi connectivity index (χ4n) is 1.22. The Bertz CT molecular complexity index is 325. The quantitative estimate of drug-likeness (QED) is 0.817. The molecule has 0 spiro atoms. The van der Waals surface area contributed by atoms with Gasteiger partial charge in [0, 0.05) is 24.2 Å². The van der Waals surface area contributed by atoms with Crippen LogP contribution in [0.25, 0.3) is 0 Å². The third-order valence-electron chi connectivity index (χ3n) is 2.01. The Labute approximate surface area is 85.3 Å². The van der Waals surface area contributed by atoms with E-state index < -0.39 is 18.6 Å². The monoisotopic (exact) mass is 219 g/mol. The van der Waals surface area contributed by atoms with Gasteiger partial charge in [-0.15, -0.1) is 0 Å². The van der Waals surface area contributed by atoms with Gasteiger partial charge in [0.1, 0.15) is 5.82 Å². The lowest BCUT2D eigenvalue weighted by Crippen LogP contribution is -2.17. The van der Waals surface area contributed by atoms with E-state index in [1.165, 1.54) is 6.20 Å². The van der Waals surface area contributed by atoms with Gasteiger partial charge in [-0.25, -0.2) is 4.98 Å². The van der Waals surface area contributed by atoms with E-state index >= 15 is 0 Å². The lowest BCUT2D eigenvalue weighted by Gasteiger charge is -2.14. The smallest absolute Gasteiger partial charge is 0.383 e. The highest BCUT2D eigenvalue weighted by molar-refractivity contribution is 5.40. The van der Waals surface area contributed by atoms with Gasteiger partial charge >= 0.3 is 6.18 Å². The Morgan fingerprint density at radius 2 is 2.07 bits per heavy atom. The Balaban J connectivity index is 2.62. The number of nitrogen functional groups attached to an aromatic ring is 1. The van der Waals surface area contributed by atoms with Gasteiger partial charge in [-0.1, -0.05) is 6.07 Å². The Hall–Kier alpha value is -1.30. The molecule has 0 bridgehead atoms. The molecule has 0 aliphatic heterocycles. The lowest BCUT2D eigenvalue weighted by molar-refractivity contribution is -0.136. The fraction of sp³-hybridized carbons (Fsp3) is 0.444. The minimum Gasteiger partial charge on any atom is -0.383 e. The summed E-state index contributed by atoms with van der Waals surface area (Å²) in [5.41, 5.74) is 11.5.